The van der Waals surface area contributed by atoms with E-state index in [0.717, 1.165) is 6.42 Å². The van der Waals surface area contributed by atoms with Crippen LogP contribution >= 0.6 is 0 Å². The summed E-state index contributed by atoms with van der Waals surface area (Å²) in [6.07, 6.45) is 0.979. The van der Waals surface area contributed by atoms with Crippen LogP contribution in [0.25, 0.3) is 0 Å². The number of fused-ring (bicyclic) bond motifs is 2. The molecule has 0 amide bonds. The summed E-state index contributed by atoms with van der Waals surface area (Å²) in [7, 11) is -4.67. The number of hydrogen-bond donors (Lipinski definition) is 0. The van der Waals surface area contributed by atoms with Crippen molar-refractivity contribution < 1.29 is 56.9 Å². The van der Waals surface area contributed by atoms with E-state index in [1.165, 1.54) is 25.4 Å². The molecule has 26 heavy (non-hydrogen) atoms. The van der Waals surface area contributed by atoms with Gasteiger partial charge in [-0.25, -0.2) is 13.2 Å². The lowest BCUT2D eigenvalue weighted by atomic mass is 10.0. The smallest absolute Gasteiger partial charge is 0.485 e. The fraction of sp³-hybridized carbons (Fsp3) is 0.188. The van der Waals surface area contributed by atoms with Crippen LogP contribution in [0.4, 0.5) is 13.2 Å². The van der Waals surface area contributed by atoms with Crippen LogP contribution in [0.5, 0.6) is 0 Å². The number of carbonyl (C=O) groups is 1. The van der Waals surface area contributed by atoms with Gasteiger partial charge in [-0.1, -0.05) is 24.3 Å². The van der Waals surface area contributed by atoms with Crippen LogP contribution in [0.15, 0.2) is 42.5 Å². The lowest BCUT2D eigenvalue weighted by Crippen LogP contribution is -3.62. The standard InChI is InChI=1S/C15H12IO2.CHF3O3S/c1-18-15(17)12-7-6-11-8-10-4-2-3-5-13(10)16-14(11)9-12;2-1(3,4)8(5,6)7/h2-7,9H,8H2,1H3;(H,5,6,7)/q+1;/p-1. The van der Waals surface area contributed by atoms with Crippen LogP contribution in [0.1, 0.15) is 21.5 Å². The first kappa shape index (κ1) is 20.6. The van der Waals surface area contributed by atoms with E-state index in [2.05, 4.69) is 30.3 Å². The summed E-state index contributed by atoms with van der Waals surface area (Å²) in [5.41, 5.74) is -2.19. The summed E-state index contributed by atoms with van der Waals surface area (Å²) in [5, 5.41) is 0. The van der Waals surface area contributed by atoms with Gasteiger partial charge in [0.2, 0.25) is 0 Å². The number of alkyl halides is 3. The van der Waals surface area contributed by atoms with E-state index in [-0.39, 0.29) is 27.2 Å². The predicted molar refractivity (Wildman–Crippen MR) is 80.2 cm³/mol. The zero-order valence-electron chi connectivity index (χ0n) is 13.2. The third-order valence-corrected chi connectivity index (χ3v) is 7.09. The van der Waals surface area contributed by atoms with E-state index in [9.17, 15) is 18.0 Å². The number of hydrogen-bond acceptors (Lipinski definition) is 5. The molecular weight excluding hydrogens is 488 g/mol. The molecule has 2 aromatic rings. The van der Waals surface area contributed by atoms with Crippen LogP contribution in [0.2, 0.25) is 0 Å². The number of esters is 1. The number of rotatable bonds is 1. The molecule has 1 aliphatic heterocycles. The summed E-state index contributed by atoms with van der Waals surface area (Å²) in [6.45, 7) is 0. The van der Waals surface area contributed by atoms with Gasteiger partial charge in [0.25, 0.3) is 0 Å². The molecule has 10 heteroatoms. The Hall–Kier alpha value is -1.66. The van der Waals surface area contributed by atoms with E-state index in [1.807, 2.05) is 12.1 Å². The van der Waals surface area contributed by atoms with E-state index >= 15 is 0 Å². The van der Waals surface area contributed by atoms with E-state index in [4.69, 9.17) is 17.7 Å². The number of ether oxygens (including phenoxy) is 1. The van der Waals surface area contributed by atoms with Crippen molar-refractivity contribution >= 4 is 16.1 Å². The molecule has 0 unspecified atom stereocenters. The van der Waals surface area contributed by atoms with Crippen molar-refractivity contribution in [1.29, 1.82) is 0 Å². The van der Waals surface area contributed by atoms with Crippen molar-refractivity contribution in [1.82, 2.24) is 0 Å². The van der Waals surface area contributed by atoms with Gasteiger partial charge >= 0.3 is 32.7 Å². The fourth-order valence-electron chi connectivity index (χ4n) is 2.07. The van der Waals surface area contributed by atoms with Crippen molar-refractivity contribution in [2.24, 2.45) is 0 Å². The van der Waals surface area contributed by atoms with Crippen LogP contribution in [-0.2, 0) is 21.3 Å². The van der Waals surface area contributed by atoms with Crippen molar-refractivity contribution in [3.63, 3.8) is 0 Å². The van der Waals surface area contributed by atoms with Gasteiger partial charge in [0.1, 0.15) is 0 Å². The van der Waals surface area contributed by atoms with Crippen molar-refractivity contribution in [2.75, 3.05) is 7.11 Å². The second-order valence-corrected chi connectivity index (χ2v) is 9.30. The van der Waals surface area contributed by atoms with Crippen LogP contribution < -0.4 is 21.2 Å². The molecule has 0 bridgehead atoms. The quantitative estimate of drug-likeness (QED) is 0.196. The average molecular weight is 500 g/mol. The number of methoxy groups -OCH3 is 1. The van der Waals surface area contributed by atoms with Gasteiger partial charge in [0.15, 0.2) is 17.3 Å². The first-order valence-corrected chi connectivity index (χ1v) is 10.6. The summed E-state index contributed by atoms with van der Waals surface area (Å²) in [5.74, 6) is -0.249. The number of halogens is 4. The topological polar surface area (TPSA) is 83.5 Å². The van der Waals surface area contributed by atoms with Gasteiger partial charge in [0, 0.05) is 23.6 Å². The van der Waals surface area contributed by atoms with E-state index < -0.39 is 15.6 Å². The van der Waals surface area contributed by atoms with Gasteiger partial charge in [-0.05, 0) is 12.1 Å². The van der Waals surface area contributed by atoms with Gasteiger partial charge in [-0.3, -0.25) is 0 Å². The molecule has 0 saturated carbocycles. The Labute approximate surface area is 158 Å². The largest absolute Gasteiger partial charge is 0.741 e. The monoisotopic (exact) mass is 500 g/mol. The summed E-state index contributed by atoms with van der Waals surface area (Å²) in [4.78, 5) is 11.5. The lowest BCUT2D eigenvalue weighted by molar-refractivity contribution is -0.601. The highest BCUT2D eigenvalue weighted by atomic mass is 127. The SMILES string of the molecule is COC(=O)c1ccc2c(c1)[I+]c1ccccc1C2.O=S(=O)([O-])C(F)(F)F. The van der Waals surface area contributed by atoms with Crippen LogP contribution in [0.3, 0.4) is 0 Å². The maximum Gasteiger partial charge on any atom is 0.485 e. The molecule has 0 aromatic heterocycles. The summed E-state index contributed by atoms with van der Waals surface area (Å²) >= 11 is -0.180. The van der Waals surface area contributed by atoms with Gasteiger partial charge in [-0.15, -0.1) is 0 Å². The first-order chi connectivity index (χ1) is 12.0. The minimum Gasteiger partial charge on any atom is -0.741 e. The third-order valence-electron chi connectivity index (χ3n) is 3.30. The third kappa shape index (κ3) is 4.95. The van der Waals surface area contributed by atoms with E-state index in [1.54, 1.807) is 0 Å². The van der Waals surface area contributed by atoms with Crippen LogP contribution in [-0.4, -0.2) is 31.6 Å². The Morgan fingerprint density at radius 3 is 2.27 bits per heavy atom. The molecule has 0 saturated heterocycles. The maximum absolute atomic E-state index is 11.5. The molecular formula is C16H12F3IO5S. The molecule has 0 fully saturated rings. The van der Waals surface area contributed by atoms with Crippen LogP contribution in [0, 0.1) is 7.14 Å². The fourth-order valence-corrected chi connectivity index (χ4v) is 5.01. The molecule has 0 spiro atoms. The van der Waals surface area contributed by atoms with Gasteiger partial charge in [0.05, 0.1) is 12.7 Å². The molecule has 0 aliphatic carbocycles. The van der Waals surface area contributed by atoms with Gasteiger partial charge < -0.3 is 9.29 Å². The number of benzene rings is 2. The zero-order chi connectivity index (χ0) is 19.5. The Kier molecular flexibility index (Phi) is 6.29. The Balaban J connectivity index is 0.000000260. The molecule has 3 rings (SSSR count). The Morgan fingerprint density at radius 1 is 1.12 bits per heavy atom. The Morgan fingerprint density at radius 2 is 1.69 bits per heavy atom. The molecule has 1 aliphatic rings. The van der Waals surface area contributed by atoms with Crippen molar-refractivity contribution in [2.45, 2.75) is 11.9 Å². The first-order valence-electron chi connectivity index (χ1n) is 6.99. The summed E-state index contributed by atoms with van der Waals surface area (Å²) < 4.78 is 66.5. The molecule has 0 atom stereocenters. The zero-order valence-corrected chi connectivity index (χ0v) is 16.2. The molecule has 2 aromatic carbocycles. The minimum absolute atomic E-state index is 0.180. The number of carbonyl (C=O) groups excluding carboxylic acids is 1. The van der Waals surface area contributed by atoms with Gasteiger partial charge in [-0.2, -0.15) is 13.2 Å². The molecule has 5 nitrogen and oxygen atoms in total. The molecule has 0 radical (unpaired) electrons. The minimum atomic E-state index is -6.09. The second kappa shape index (κ2) is 7.92. The average Bonchev–Trinajstić information content (AvgIpc) is 2.57. The molecule has 140 valence electrons. The predicted octanol–water partition coefficient (Wildman–Crippen LogP) is -0.443. The van der Waals surface area contributed by atoms with Crippen molar-refractivity contribution in [3.05, 3.63) is 66.3 Å². The van der Waals surface area contributed by atoms with E-state index in [0.29, 0.717) is 5.56 Å². The highest BCUT2D eigenvalue weighted by Gasteiger charge is 2.37. The molecule has 0 N–H and O–H groups in total. The Bertz CT molecular complexity index is 926. The lowest BCUT2D eigenvalue weighted by Gasteiger charge is -2.09. The second-order valence-electron chi connectivity index (χ2n) is 5.06. The molecule has 1 heterocycles. The highest BCUT2D eigenvalue weighted by molar-refractivity contribution is 7.86. The summed E-state index contributed by atoms with van der Waals surface area (Å²) in [6, 6.07) is 14.5. The van der Waals surface area contributed by atoms with Crippen molar-refractivity contribution in [3.8, 4) is 0 Å². The maximum atomic E-state index is 11.5. The highest BCUT2D eigenvalue weighted by Crippen LogP contribution is 2.20. The normalized spacial score (nSPS) is 13.0.